The zero-order valence-electron chi connectivity index (χ0n) is 7.90. The summed E-state index contributed by atoms with van der Waals surface area (Å²) >= 11 is 0. The van der Waals surface area contributed by atoms with Gasteiger partial charge in [-0.2, -0.15) is 0 Å². The van der Waals surface area contributed by atoms with Crippen LogP contribution < -0.4 is 11.3 Å². The van der Waals surface area contributed by atoms with Gasteiger partial charge in [-0.25, -0.2) is 5.43 Å². The van der Waals surface area contributed by atoms with E-state index in [0.29, 0.717) is 0 Å². The Morgan fingerprint density at radius 2 is 2.43 bits per heavy atom. The summed E-state index contributed by atoms with van der Waals surface area (Å²) < 4.78 is 10.3. The lowest BCUT2D eigenvalue weighted by molar-refractivity contribution is 0.219. The Bertz CT molecular complexity index is 306. The van der Waals surface area contributed by atoms with E-state index in [2.05, 4.69) is 5.43 Å². The van der Waals surface area contributed by atoms with Gasteiger partial charge in [0.15, 0.2) is 0 Å². The summed E-state index contributed by atoms with van der Waals surface area (Å²) in [6.07, 6.45) is 7.19. The Hall–Kier alpha value is -1.26. The fourth-order valence-electron chi connectivity index (χ4n) is 1.65. The Morgan fingerprint density at radius 3 is 3.00 bits per heavy atom. The molecular formula is C10H14N2O2. The summed E-state index contributed by atoms with van der Waals surface area (Å²) in [7, 11) is 0. The van der Waals surface area contributed by atoms with Gasteiger partial charge in [0.25, 0.3) is 0 Å². The molecule has 2 heterocycles. The number of nitrogens with two attached hydrogens (primary N) is 1. The second-order valence-corrected chi connectivity index (χ2v) is 3.32. The standard InChI is InChI=1S/C10H14N2O2/c11-12-10(9-3-5-14-7-9)8-2-1-4-13-6-8/h3,5-7,10,12H,1-2,4,11H2. The number of hydrogen-bond donors (Lipinski definition) is 2. The fraction of sp³-hybridized carbons (Fsp3) is 0.400. The van der Waals surface area contributed by atoms with Crippen LogP contribution in [0.5, 0.6) is 0 Å². The molecule has 76 valence electrons. The number of hydrazine groups is 1. The Kier molecular flexibility index (Phi) is 2.86. The van der Waals surface area contributed by atoms with Crippen LogP contribution in [-0.4, -0.2) is 6.61 Å². The van der Waals surface area contributed by atoms with E-state index < -0.39 is 0 Å². The second kappa shape index (κ2) is 4.30. The molecule has 0 amide bonds. The van der Waals surface area contributed by atoms with E-state index in [9.17, 15) is 0 Å². The quantitative estimate of drug-likeness (QED) is 0.565. The zero-order valence-corrected chi connectivity index (χ0v) is 7.90. The summed E-state index contributed by atoms with van der Waals surface area (Å²) in [6, 6.07) is 1.91. The van der Waals surface area contributed by atoms with Crippen molar-refractivity contribution in [2.24, 2.45) is 5.84 Å². The summed E-state index contributed by atoms with van der Waals surface area (Å²) in [4.78, 5) is 0. The molecule has 1 aliphatic rings. The van der Waals surface area contributed by atoms with Crippen LogP contribution in [0.4, 0.5) is 0 Å². The molecule has 0 saturated heterocycles. The fourth-order valence-corrected chi connectivity index (χ4v) is 1.65. The summed E-state index contributed by atoms with van der Waals surface area (Å²) in [6.45, 7) is 0.798. The Balaban J connectivity index is 2.16. The van der Waals surface area contributed by atoms with Gasteiger partial charge in [-0.15, -0.1) is 0 Å². The van der Waals surface area contributed by atoms with Crippen LogP contribution in [0, 0.1) is 0 Å². The van der Waals surface area contributed by atoms with Crippen LogP contribution >= 0.6 is 0 Å². The summed E-state index contributed by atoms with van der Waals surface area (Å²) in [5.41, 5.74) is 4.96. The molecule has 0 radical (unpaired) electrons. The first-order chi connectivity index (χ1) is 6.92. The maximum atomic E-state index is 5.51. The SMILES string of the molecule is NNC(C1=COCCC1)c1ccoc1. The molecule has 1 aliphatic heterocycles. The van der Waals surface area contributed by atoms with Gasteiger partial charge in [-0.1, -0.05) is 0 Å². The largest absolute Gasteiger partial charge is 0.501 e. The average molecular weight is 194 g/mol. The minimum Gasteiger partial charge on any atom is -0.501 e. The lowest BCUT2D eigenvalue weighted by Crippen LogP contribution is -2.30. The van der Waals surface area contributed by atoms with Gasteiger partial charge in [0.05, 0.1) is 31.4 Å². The molecule has 1 unspecified atom stereocenters. The predicted molar refractivity (Wildman–Crippen MR) is 52.0 cm³/mol. The topological polar surface area (TPSA) is 60.4 Å². The van der Waals surface area contributed by atoms with Crippen molar-refractivity contribution in [3.8, 4) is 0 Å². The number of furan rings is 1. The van der Waals surface area contributed by atoms with E-state index in [0.717, 1.165) is 25.0 Å². The van der Waals surface area contributed by atoms with Gasteiger partial charge in [0.1, 0.15) is 0 Å². The third-order valence-corrected chi connectivity index (χ3v) is 2.38. The van der Waals surface area contributed by atoms with Crippen LogP contribution in [0.2, 0.25) is 0 Å². The van der Waals surface area contributed by atoms with Gasteiger partial charge in [-0.3, -0.25) is 5.84 Å². The molecule has 4 heteroatoms. The van der Waals surface area contributed by atoms with Crippen LogP contribution in [-0.2, 0) is 4.74 Å². The third kappa shape index (κ3) is 1.81. The summed E-state index contributed by atoms with van der Waals surface area (Å²) in [5, 5.41) is 0. The molecule has 1 aromatic rings. The first-order valence-electron chi connectivity index (χ1n) is 4.70. The maximum Gasteiger partial charge on any atom is 0.0954 e. The van der Waals surface area contributed by atoms with Gasteiger partial charge in [0.2, 0.25) is 0 Å². The van der Waals surface area contributed by atoms with E-state index >= 15 is 0 Å². The molecule has 4 nitrogen and oxygen atoms in total. The van der Waals surface area contributed by atoms with Crippen molar-refractivity contribution in [2.75, 3.05) is 6.61 Å². The van der Waals surface area contributed by atoms with Crippen molar-refractivity contribution in [1.82, 2.24) is 5.43 Å². The maximum absolute atomic E-state index is 5.51. The molecule has 1 atom stereocenters. The highest BCUT2D eigenvalue weighted by atomic mass is 16.5. The molecule has 0 spiro atoms. The number of ether oxygens (including phenoxy) is 1. The van der Waals surface area contributed by atoms with E-state index in [1.54, 1.807) is 18.8 Å². The molecule has 2 rings (SSSR count). The van der Waals surface area contributed by atoms with E-state index in [1.165, 1.54) is 5.57 Å². The van der Waals surface area contributed by atoms with Crippen LogP contribution in [0.1, 0.15) is 24.4 Å². The molecule has 14 heavy (non-hydrogen) atoms. The summed E-state index contributed by atoms with van der Waals surface area (Å²) in [5.74, 6) is 5.51. The molecule has 1 aromatic heterocycles. The van der Waals surface area contributed by atoms with Crippen LogP contribution in [0.15, 0.2) is 34.8 Å². The van der Waals surface area contributed by atoms with E-state index in [4.69, 9.17) is 15.0 Å². The molecule has 0 bridgehead atoms. The molecule has 0 saturated carbocycles. The molecule has 0 aliphatic carbocycles. The third-order valence-electron chi connectivity index (χ3n) is 2.38. The van der Waals surface area contributed by atoms with Crippen LogP contribution in [0.25, 0.3) is 0 Å². The van der Waals surface area contributed by atoms with E-state index in [-0.39, 0.29) is 6.04 Å². The molecular weight excluding hydrogens is 180 g/mol. The van der Waals surface area contributed by atoms with Gasteiger partial charge in [0, 0.05) is 5.56 Å². The van der Waals surface area contributed by atoms with Crippen molar-refractivity contribution in [2.45, 2.75) is 18.9 Å². The highest BCUT2D eigenvalue weighted by Gasteiger charge is 2.18. The zero-order chi connectivity index (χ0) is 9.80. The van der Waals surface area contributed by atoms with Gasteiger partial charge >= 0.3 is 0 Å². The number of rotatable bonds is 3. The van der Waals surface area contributed by atoms with Gasteiger partial charge < -0.3 is 9.15 Å². The van der Waals surface area contributed by atoms with Gasteiger partial charge in [-0.05, 0) is 24.5 Å². The normalized spacial score (nSPS) is 18.5. The lowest BCUT2D eigenvalue weighted by Gasteiger charge is -2.21. The monoisotopic (exact) mass is 194 g/mol. The smallest absolute Gasteiger partial charge is 0.0954 e. The van der Waals surface area contributed by atoms with Crippen molar-refractivity contribution >= 4 is 0 Å². The van der Waals surface area contributed by atoms with Crippen LogP contribution in [0.3, 0.4) is 0 Å². The van der Waals surface area contributed by atoms with Crippen molar-refractivity contribution in [3.63, 3.8) is 0 Å². The van der Waals surface area contributed by atoms with E-state index in [1.807, 2.05) is 6.07 Å². The van der Waals surface area contributed by atoms with Crippen molar-refractivity contribution < 1.29 is 9.15 Å². The first kappa shape index (κ1) is 9.30. The highest BCUT2D eigenvalue weighted by Crippen LogP contribution is 2.26. The number of hydrogen-bond acceptors (Lipinski definition) is 4. The highest BCUT2D eigenvalue weighted by molar-refractivity contribution is 5.24. The molecule has 0 fully saturated rings. The predicted octanol–water partition coefficient (Wildman–Crippen LogP) is 1.48. The lowest BCUT2D eigenvalue weighted by atomic mass is 9.98. The Morgan fingerprint density at radius 1 is 1.50 bits per heavy atom. The molecule has 0 aromatic carbocycles. The van der Waals surface area contributed by atoms with Crippen molar-refractivity contribution in [3.05, 3.63) is 36.0 Å². The second-order valence-electron chi connectivity index (χ2n) is 3.32. The minimum absolute atomic E-state index is 0.00838. The average Bonchev–Trinajstić information content (AvgIpc) is 2.74. The Labute approximate surface area is 82.7 Å². The van der Waals surface area contributed by atoms with Crippen molar-refractivity contribution in [1.29, 1.82) is 0 Å². The number of nitrogens with one attached hydrogen (secondary N) is 1. The molecule has 3 N–H and O–H groups in total. The first-order valence-corrected chi connectivity index (χ1v) is 4.70. The minimum atomic E-state index is 0.00838.